The van der Waals surface area contributed by atoms with Crippen molar-refractivity contribution >= 4 is 27.6 Å². The topological polar surface area (TPSA) is 29.5 Å². The van der Waals surface area contributed by atoms with Crippen LogP contribution in [-0.2, 0) is 9.53 Å². The van der Waals surface area contributed by atoms with Crippen LogP contribution in [0.4, 0.5) is 0 Å². The van der Waals surface area contributed by atoms with Crippen molar-refractivity contribution in [2.45, 2.75) is 56.6 Å². The van der Waals surface area contributed by atoms with E-state index in [1.165, 1.54) is 57.4 Å². The van der Waals surface area contributed by atoms with Gasteiger partial charge in [0.05, 0.1) is 0 Å². The van der Waals surface area contributed by atoms with Gasteiger partial charge in [0.25, 0.3) is 0 Å². The first-order valence-corrected chi connectivity index (χ1v) is 10.4. The third-order valence-corrected chi connectivity index (χ3v) is 7.01. The van der Waals surface area contributed by atoms with Gasteiger partial charge in [-0.15, -0.1) is 0 Å². The third-order valence-electron chi connectivity index (χ3n) is 4.00. The fourth-order valence-electron chi connectivity index (χ4n) is 2.75. The van der Waals surface area contributed by atoms with E-state index in [0.29, 0.717) is 13.0 Å². The molecule has 2 saturated heterocycles. The number of rotatable bonds is 8. The van der Waals surface area contributed by atoms with Crippen LogP contribution in [-0.4, -0.2) is 48.1 Å². The lowest BCUT2D eigenvalue weighted by atomic mass is 10.1. The predicted molar refractivity (Wildman–Crippen MR) is 88.2 cm³/mol. The lowest BCUT2D eigenvalue weighted by Crippen LogP contribution is -2.33. The third kappa shape index (κ3) is 6.72. The molecule has 0 radical (unpaired) electrons. The molecule has 0 unspecified atom stereocenters. The van der Waals surface area contributed by atoms with Gasteiger partial charge in [-0.05, 0) is 45.2 Å². The Bertz CT molecular complexity index is 277. The number of unbranched alkanes of at least 4 members (excludes halogenated alkanes) is 1. The molecule has 2 aliphatic heterocycles. The van der Waals surface area contributed by atoms with E-state index in [0.717, 1.165) is 18.2 Å². The molecule has 0 spiro atoms. The Hall–Kier alpha value is 0.130. The Morgan fingerprint density at radius 3 is 2.80 bits per heavy atom. The van der Waals surface area contributed by atoms with E-state index in [4.69, 9.17) is 4.74 Å². The molecule has 2 fully saturated rings. The van der Waals surface area contributed by atoms with Crippen molar-refractivity contribution in [1.82, 2.24) is 4.90 Å². The second kappa shape index (κ2) is 9.96. The van der Waals surface area contributed by atoms with Crippen LogP contribution in [0.3, 0.4) is 0 Å². The van der Waals surface area contributed by atoms with Crippen molar-refractivity contribution in [3.63, 3.8) is 0 Å². The van der Waals surface area contributed by atoms with E-state index in [9.17, 15) is 4.79 Å². The molecular formula is C15H27NO2S2. The Balaban J connectivity index is 1.41. The van der Waals surface area contributed by atoms with Crippen LogP contribution >= 0.6 is 21.6 Å². The van der Waals surface area contributed by atoms with Crippen LogP contribution in [0.25, 0.3) is 0 Å². The van der Waals surface area contributed by atoms with E-state index in [2.05, 4.69) is 4.90 Å². The van der Waals surface area contributed by atoms with Gasteiger partial charge >= 0.3 is 5.97 Å². The summed E-state index contributed by atoms with van der Waals surface area (Å²) in [4.78, 5) is 14.0. The Labute approximate surface area is 131 Å². The van der Waals surface area contributed by atoms with Gasteiger partial charge < -0.3 is 4.74 Å². The fourth-order valence-corrected chi connectivity index (χ4v) is 5.78. The molecule has 0 N–H and O–H groups in total. The Morgan fingerprint density at radius 1 is 1.20 bits per heavy atom. The molecule has 20 heavy (non-hydrogen) atoms. The summed E-state index contributed by atoms with van der Waals surface area (Å²) in [5.41, 5.74) is 0. The Morgan fingerprint density at radius 2 is 2.05 bits per heavy atom. The van der Waals surface area contributed by atoms with Crippen molar-refractivity contribution in [2.75, 3.05) is 32.0 Å². The van der Waals surface area contributed by atoms with Gasteiger partial charge in [-0.1, -0.05) is 34.4 Å². The standard InChI is InChI=1S/C15H27NO2S2/c17-15(7-3-2-6-14-8-13-19-20-14)18-12-11-16-9-4-1-5-10-16/h14H,1-13H2/t14-/m1/s1. The molecule has 0 aliphatic carbocycles. The lowest BCUT2D eigenvalue weighted by molar-refractivity contribution is -0.144. The van der Waals surface area contributed by atoms with Gasteiger partial charge in [0.1, 0.15) is 6.61 Å². The van der Waals surface area contributed by atoms with Gasteiger partial charge in [-0.3, -0.25) is 9.69 Å². The summed E-state index contributed by atoms with van der Waals surface area (Å²) < 4.78 is 5.33. The normalized spacial score (nSPS) is 23.9. The summed E-state index contributed by atoms with van der Waals surface area (Å²) in [6, 6.07) is 0. The molecule has 0 bridgehead atoms. The quantitative estimate of drug-likeness (QED) is 0.386. The van der Waals surface area contributed by atoms with Crippen LogP contribution in [0.15, 0.2) is 0 Å². The lowest BCUT2D eigenvalue weighted by Gasteiger charge is -2.25. The molecule has 2 heterocycles. The molecule has 0 amide bonds. The number of esters is 1. The molecule has 2 aliphatic rings. The summed E-state index contributed by atoms with van der Waals surface area (Å²) in [6.45, 7) is 3.85. The van der Waals surface area contributed by atoms with Crippen molar-refractivity contribution in [3.05, 3.63) is 0 Å². The minimum atomic E-state index is -0.00420. The van der Waals surface area contributed by atoms with Crippen molar-refractivity contribution < 1.29 is 9.53 Å². The molecule has 5 heteroatoms. The Kier molecular flexibility index (Phi) is 8.21. The molecule has 0 aromatic carbocycles. The number of hydrogen-bond donors (Lipinski definition) is 0. The van der Waals surface area contributed by atoms with Crippen molar-refractivity contribution in [3.8, 4) is 0 Å². The number of nitrogens with zero attached hydrogens (tertiary/aromatic N) is 1. The first-order chi connectivity index (χ1) is 9.84. The van der Waals surface area contributed by atoms with E-state index in [1.807, 2.05) is 21.6 Å². The predicted octanol–water partition coefficient (Wildman–Crippen LogP) is 3.73. The van der Waals surface area contributed by atoms with Gasteiger partial charge in [0.15, 0.2) is 0 Å². The molecule has 3 nitrogen and oxygen atoms in total. The zero-order chi connectivity index (χ0) is 14.0. The monoisotopic (exact) mass is 317 g/mol. The summed E-state index contributed by atoms with van der Waals surface area (Å²) in [7, 11) is 4.02. The molecule has 116 valence electrons. The summed E-state index contributed by atoms with van der Waals surface area (Å²) in [6.07, 6.45) is 9.31. The second-order valence-electron chi connectivity index (χ2n) is 5.70. The molecule has 2 rings (SSSR count). The van der Waals surface area contributed by atoms with E-state index in [1.54, 1.807) is 0 Å². The van der Waals surface area contributed by atoms with Crippen molar-refractivity contribution in [1.29, 1.82) is 0 Å². The smallest absolute Gasteiger partial charge is 0.305 e. The van der Waals surface area contributed by atoms with Gasteiger partial charge in [0, 0.05) is 24.0 Å². The first kappa shape index (κ1) is 16.5. The molecule has 0 aromatic rings. The van der Waals surface area contributed by atoms with Crippen LogP contribution in [0, 0.1) is 0 Å². The van der Waals surface area contributed by atoms with Crippen LogP contribution in [0.5, 0.6) is 0 Å². The average molecular weight is 318 g/mol. The zero-order valence-electron chi connectivity index (χ0n) is 12.3. The summed E-state index contributed by atoms with van der Waals surface area (Å²) >= 11 is 0. The SMILES string of the molecule is O=C(CCCC[C@@H]1CCSS1)OCCN1CCCCC1. The van der Waals surface area contributed by atoms with Crippen LogP contribution in [0.1, 0.15) is 51.4 Å². The van der Waals surface area contributed by atoms with Crippen LogP contribution in [0.2, 0.25) is 0 Å². The van der Waals surface area contributed by atoms with Gasteiger partial charge in [-0.2, -0.15) is 0 Å². The highest BCUT2D eigenvalue weighted by Crippen LogP contribution is 2.39. The minimum absolute atomic E-state index is 0.00420. The fraction of sp³-hybridized carbons (Fsp3) is 0.933. The summed E-state index contributed by atoms with van der Waals surface area (Å²) in [5, 5.41) is 0.829. The van der Waals surface area contributed by atoms with Crippen molar-refractivity contribution in [2.24, 2.45) is 0 Å². The minimum Gasteiger partial charge on any atom is -0.464 e. The average Bonchev–Trinajstić information content (AvgIpc) is 2.98. The largest absolute Gasteiger partial charge is 0.464 e. The van der Waals surface area contributed by atoms with E-state index >= 15 is 0 Å². The molecule has 0 aromatic heterocycles. The first-order valence-electron chi connectivity index (χ1n) is 8.01. The highest BCUT2D eigenvalue weighted by atomic mass is 33.1. The van der Waals surface area contributed by atoms with E-state index < -0.39 is 0 Å². The zero-order valence-corrected chi connectivity index (χ0v) is 14.0. The molecular weight excluding hydrogens is 290 g/mol. The number of ether oxygens (including phenoxy) is 1. The highest BCUT2D eigenvalue weighted by molar-refractivity contribution is 8.77. The van der Waals surface area contributed by atoms with Gasteiger partial charge in [0.2, 0.25) is 0 Å². The number of piperidine rings is 1. The second-order valence-corrected chi connectivity index (χ2v) is 8.48. The maximum atomic E-state index is 11.6. The number of hydrogen-bond acceptors (Lipinski definition) is 5. The number of likely N-dealkylation sites (tertiary alicyclic amines) is 1. The summed E-state index contributed by atoms with van der Waals surface area (Å²) in [5.74, 6) is 1.30. The van der Waals surface area contributed by atoms with Gasteiger partial charge in [-0.25, -0.2) is 0 Å². The highest BCUT2D eigenvalue weighted by Gasteiger charge is 2.16. The molecule has 0 saturated carbocycles. The number of carbonyl (C=O) groups excluding carboxylic acids is 1. The number of carbonyl (C=O) groups is 1. The maximum absolute atomic E-state index is 11.6. The van der Waals surface area contributed by atoms with Crippen LogP contribution < -0.4 is 0 Å². The van der Waals surface area contributed by atoms with E-state index in [-0.39, 0.29) is 5.97 Å². The molecule has 1 atom stereocenters. The maximum Gasteiger partial charge on any atom is 0.305 e.